The highest BCUT2D eigenvalue weighted by Crippen LogP contribution is 2.20. The summed E-state index contributed by atoms with van der Waals surface area (Å²) in [6.07, 6.45) is 6.54. The molecule has 0 spiro atoms. The molecule has 1 amide bonds. The van der Waals surface area contributed by atoms with E-state index in [1.807, 2.05) is 0 Å². The number of carbonyl (C=O) groups excluding carboxylic acids is 1. The van der Waals surface area contributed by atoms with Gasteiger partial charge in [-0.05, 0) is 18.2 Å². The van der Waals surface area contributed by atoms with Crippen molar-refractivity contribution in [1.29, 1.82) is 0 Å². The first kappa shape index (κ1) is 12.8. The number of benzene rings is 1. The summed E-state index contributed by atoms with van der Waals surface area (Å²) < 4.78 is 5.08. The van der Waals surface area contributed by atoms with E-state index in [9.17, 15) is 4.79 Å². The molecule has 0 aliphatic rings. The predicted molar refractivity (Wildman–Crippen MR) is 69.8 cm³/mol. The molecule has 19 heavy (non-hydrogen) atoms. The number of nitrogens with one attached hydrogen (secondary N) is 1. The molecule has 0 fully saturated rings. The maximum atomic E-state index is 11.7. The Morgan fingerprint density at radius 2 is 2.42 bits per heavy atom. The van der Waals surface area contributed by atoms with Crippen molar-refractivity contribution in [2.75, 3.05) is 5.32 Å². The van der Waals surface area contributed by atoms with E-state index in [1.54, 1.807) is 24.3 Å². The molecule has 0 bridgehead atoms. The van der Waals surface area contributed by atoms with E-state index in [2.05, 4.69) is 21.4 Å². The lowest BCUT2D eigenvalue weighted by atomic mass is 10.1. The number of hydrogen-bond donors (Lipinski definition) is 2. The minimum Gasteiger partial charge on any atom is -0.423 e. The van der Waals surface area contributed by atoms with Crippen LogP contribution in [0.4, 0.5) is 5.69 Å². The van der Waals surface area contributed by atoms with Crippen LogP contribution in [-0.4, -0.2) is 22.1 Å². The first-order chi connectivity index (χ1) is 9.20. The Hall–Kier alpha value is -2.65. The molecule has 0 saturated heterocycles. The van der Waals surface area contributed by atoms with Crippen molar-refractivity contribution < 1.29 is 9.21 Å². The molecule has 6 nitrogen and oxygen atoms in total. The molecule has 6 heteroatoms. The Morgan fingerprint density at radius 3 is 3.11 bits per heavy atom. The number of aromatic nitrogens is 2. The summed E-state index contributed by atoms with van der Waals surface area (Å²) in [4.78, 5) is 11.7. The van der Waals surface area contributed by atoms with Crippen LogP contribution in [0, 0.1) is 12.3 Å². The number of amides is 1. The van der Waals surface area contributed by atoms with Gasteiger partial charge in [0.2, 0.25) is 18.2 Å². The van der Waals surface area contributed by atoms with Crippen LogP contribution in [0.5, 0.6) is 0 Å². The van der Waals surface area contributed by atoms with E-state index < -0.39 is 6.04 Å². The summed E-state index contributed by atoms with van der Waals surface area (Å²) in [7, 11) is 0. The van der Waals surface area contributed by atoms with E-state index in [-0.39, 0.29) is 12.3 Å². The monoisotopic (exact) mass is 256 g/mol. The molecule has 1 aromatic carbocycles. The van der Waals surface area contributed by atoms with Crippen LogP contribution in [0.2, 0.25) is 0 Å². The van der Waals surface area contributed by atoms with Crippen molar-refractivity contribution in [2.45, 2.75) is 12.5 Å². The van der Waals surface area contributed by atoms with Gasteiger partial charge in [-0.1, -0.05) is 6.07 Å². The fourth-order valence-electron chi connectivity index (χ4n) is 1.48. The van der Waals surface area contributed by atoms with Crippen molar-refractivity contribution in [1.82, 2.24) is 10.2 Å². The van der Waals surface area contributed by atoms with E-state index in [1.165, 1.54) is 6.39 Å². The highest BCUT2D eigenvalue weighted by atomic mass is 16.4. The van der Waals surface area contributed by atoms with Crippen LogP contribution in [0.15, 0.2) is 35.1 Å². The van der Waals surface area contributed by atoms with E-state index in [4.69, 9.17) is 16.6 Å². The second kappa shape index (κ2) is 5.80. The maximum Gasteiger partial charge on any atom is 0.247 e. The Balaban J connectivity index is 2.12. The van der Waals surface area contributed by atoms with E-state index in [0.29, 0.717) is 17.1 Å². The zero-order valence-corrected chi connectivity index (χ0v) is 10.0. The molecule has 1 unspecified atom stereocenters. The molecule has 1 atom stereocenters. The molecule has 0 radical (unpaired) electrons. The van der Waals surface area contributed by atoms with E-state index in [0.717, 1.165) is 0 Å². The number of carbonyl (C=O) groups is 1. The number of anilines is 1. The maximum absolute atomic E-state index is 11.7. The summed E-state index contributed by atoms with van der Waals surface area (Å²) in [5.74, 6) is 2.39. The van der Waals surface area contributed by atoms with E-state index >= 15 is 0 Å². The van der Waals surface area contributed by atoms with Gasteiger partial charge < -0.3 is 15.5 Å². The highest BCUT2D eigenvalue weighted by Gasteiger charge is 2.12. The van der Waals surface area contributed by atoms with Gasteiger partial charge in [0.25, 0.3) is 0 Å². The molecule has 2 aromatic rings. The van der Waals surface area contributed by atoms with Crippen LogP contribution in [-0.2, 0) is 4.79 Å². The summed E-state index contributed by atoms with van der Waals surface area (Å²) in [5, 5.41) is 10.1. The van der Waals surface area contributed by atoms with Gasteiger partial charge >= 0.3 is 0 Å². The van der Waals surface area contributed by atoms with Gasteiger partial charge in [0.15, 0.2) is 0 Å². The standard InChI is InChI=1S/C13H12N4O2/c1-2-4-11(14)12(18)16-10-6-3-5-9(7-10)13-17-15-8-19-13/h1,3,5-8,11H,4,14H2,(H,16,18). The van der Waals surface area contributed by atoms with Crippen molar-refractivity contribution in [3.63, 3.8) is 0 Å². The van der Waals surface area contributed by atoms with Crippen molar-refractivity contribution in [3.8, 4) is 23.8 Å². The average Bonchev–Trinajstić information content (AvgIpc) is 2.93. The number of hydrogen-bond acceptors (Lipinski definition) is 5. The topological polar surface area (TPSA) is 94.0 Å². The molecule has 1 heterocycles. The third-order valence-electron chi connectivity index (χ3n) is 2.41. The second-order valence-corrected chi connectivity index (χ2v) is 3.83. The van der Waals surface area contributed by atoms with Gasteiger partial charge in [0.05, 0.1) is 6.04 Å². The molecule has 1 aromatic heterocycles. The molecule has 2 rings (SSSR count). The number of nitrogens with zero attached hydrogens (tertiary/aromatic N) is 2. The summed E-state index contributed by atoms with van der Waals surface area (Å²) >= 11 is 0. The average molecular weight is 256 g/mol. The Morgan fingerprint density at radius 1 is 1.58 bits per heavy atom. The summed E-state index contributed by atoms with van der Waals surface area (Å²) in [6, 6.07) is 6.29. The van der Waals surface area contributed by atoms with Crippen LogP contribution >= 0.6 is 0 Å². The van der Waals surface area contributed by atoms with Crippen LogP contribution in [0.25, 0.3) is 11.5 Å². The van der Waals surface area contributed by atoms with Gasteiger partial charge in [-0.25, -0.2) is 0 Å². The quantitative estimate of drug-likeness (QED) is 0.797. The number of terminal acetylenes is 1. The smallest absolute Gasteiger partial charge is 0.247 e. The Labute approximate surface area is 110 Å². The number of rotatable bonds is 4. The first-order valence-corrected chi connectivity index (χ1v) is 5.57. The third-order valence-corrected chi connectivity index (χ3v) is 2.41. The summed E-state index contributed by atoms with van der Waals surface area (Å²) in [6.45, 7) is 0. The molecule has 0 aliphatic carbocycles. The molecule has 96 valence electrons. The molecule has 0 aliphatic heterocycles. The zero-order chi connectivity index (χ0) is 13.7. The minimum atomic E-state index is -0.725. The molecule has 3 N–H and O–H groups in total. The second-order valence-electron chi connectivity index (χ2n) is 3.83. The minimum absolute atomic E-state index is 0.190. The molecular formula is C13H12N4O2. The van der Waals surface area contributed by atoms with Gasteiger partial charge in [0, 0.05) is 17.7 Å². The predicted octanol–water partition coefficient (Wildman–Crippen LogP) is 1.03. The van der Waals surface area contributed by atoms with Crippen molar-refractivity contribution in [2.24, 2.45) is 5.73 Å². The Kier molecular flexibility index (Phi) is 3.90. The van der Waals surface area contributed by atoms with Crippen LogP contribution < -0.4 is 11.1 Å². The lowest BCUT2D eigenvalue weighted by Crippen LogP contribution is -2.35. The lowest BCUT2D eigenvalue weighted by Gasteiger charge is -2.10. The zero-order valence-electron chi connectivity index (χ0n) is 10.0. The normalized spacial score (nSPS) is 11.6. The van der Waals surface area contributed by atoms with Crippen LogP contribution in [0.3, 0.4) is 0 Å². The lowest BCUT2D eigenvalue weighted by molar-refractivity contribution is -0.117. The van der Waals surface area contributed by atoms with Gasteiger partial charge in [-0.3, -0.25) is 4.79 Å². The SMILES string of the molecule is C#CCC(N)C(=O)Nc1cccc(-c2nnco2)c1. The van der Waals surface area contributed by atoms with Gasteiger partial charge in [-0.15, -0.1) is 22.5 Å². The number of nitrogens with two attached hydrogens (primary N) is 1. The molecule has 0 saturated carbocycles. The molecular weight excluding hydrogens is 244 g/mol. The van der Waals surface area contributed by atoms with Crippen molar-refractivity contribution in [3.05, 3.63) is 30.7 Å². The van der Waals surface area contributed by atoms with Gasteiger partial charge in [-0.2, -0.15) is 0 Å². The fourth-order valence-corrected chi connectivity index (χ4v) is 1.48. The fraction of sp³-hybridized carbons (Fsp3) is 0.154. The highest BCUT2D eigenvalue weighted by molar-refractivity contribution is 5.95. The summed E-state index contributed by atoms with van der Waals surface area (Å²) in [5.41, 5.74) is 6.91. The van der Waals surface area contributed by atoms with Crippen LogP contribution in [0.1, 0.15) is 6.42 Å². The van der Waals surface area contributed by atoms with Gasteiger partial charge in [0.1, 0.15) is 0 Å². The third kappa shape index (κ3) is 3.18. The largest absolute Gasteiger partial charge is 0.423 e. The first-order valence-electron chi connectivity index (χ1n) is 5.57. The van der Waals surface area contributed by atoms with Crippen molar-refractivity contribution >= 4 is 11.6 Å². The Bertz CT molecular complexity index is 601.